The average Bonchev–Trinajstić information content (AvgIpc) is 2.75. The molecule has 0 radical (unpaired) electrons. The molecule has 1 heterocycles. The van der Waals surface area contributed by atoms with Crippen molar-refractivity contribution in [2.24, 2.45) is 0 Å². The molecule has 1 amide bonds. The van der Waals surface area contributed by atoms with Crippen LogP contribution >= 0.6 is 0 Å². The van der Waals surface area contributed by atoms with Gasteiger partial charge >= 0.3 is 0 Å². The van der Waals surface area contributed by atoms with Gasteiger partial charge in [-0.25, -0.2) is 4.39 Å². The van der Waals surface area contributed by atoms with E-state index in [0.29, 0.717) is 36.7 Å². The van der Waals surface area contributed by atoms with Gasteiger partial charge in [0.1, 0.15) is 22.9 Å². The number of halogens is 1. The summed E-state index contributed by atoms with van der Waals surface area (Å²) in [7, 11) is 1.49. The first-order chi connectivity index (χ1) is 14.8. The highest BCUT2D eigenvalue weighted by molar-refractivity contribution is 5.99. The Labute approximate surface area is 182 Å². The third-order valence-corrected chi connectivity index (χ3v) is 5.65. The lowest BCUT2D eigenvalue weighted by atomic mass is 10.1. The van der Waals surface area contributed by atoms with Crippen molar-refractivity contribution < 1.29 is 23.5 Å². The van der Waals surface area contributed by atoms with Crippen molar-refractivity contribution in [3.8, 4) is 11.5 Å². The molecule has 0 aliphatic carbocycles. The number of methoxy groups -OCH3 is 1. The van der Waals surface area contributed by atoms with Crippen LogP contribution in [0.5, 0.6) is 11.5 Å². The summed E-state index contributed by atoms with van der Waals surface area (Å²) in [5.74, 6) is 0.212. The second kappa shape index (κ2) is 9.92. The molecule has 7 heteroatoms. The number of nitrogens with zero attached hydrogens (tertiary/aromatic N) is 2. The first-order valence-electron chi connectivity index (χ1n) is 10.4. The molecule has 1 aliphatic rings. The minimum Gasteiger partial charge on any atom is -0.496 e. The lowest BCUT2D eigenvalue weighted by Gasteiger charge is -2.44. The average molecular weight is 429 g/mol. The number of amides is 1. The summed E-state index contributed by atoms with van der Waals surface area (Å²) < 4.78 is 24.1. The van der Waals surface area contributed by atoms with Crippen LogP contribution < -0.4 is 9.47 Å². The molecule has 31 heavy (non-hydrogen) atoms. The third kappa shape index (κ3) is 5.41. The first kappa shape index (κ1) is 22.7. The van der Waals surface area contributed by atoms with E-state index in [2.05, 4.69) is 11.8 Å². The number of carbonyl (C=O) groups is 2. The van der Waals surface area contributed by atoms with Crippen LogP contribution in [-0.4, -0.2) is 60.4 Å². The maximum absolute atomic E-state index is 13.2. The number of Topliss-reactive ketones (excluding diaryl/α,β-unsaturated/α-hetero) is 1. The fourth-order valence-electron chi connectivity index (χ4n) is 3.96. The van der Waals surface area contributed by atoms with Gasteiger partial charge in [-0.2, -0.15) is 0 Å². The number of hydrogen-bond acceptors (Lipinski definition) is 5. The number of ether oxygens (including phenoxy) is 2. The van der Waals surface area contributed by atoms with Gasteiger partial charge in [0.2, 0.25) is 0 Å². The Morgan fingerprint density at radius 1 is 1.03 bits per heavy atom. The van der Waals surface area contributed by atoms with Crippen LogP contribution in [0.4, 0.5) is 4.39 Å². The van der Waals surface area contributed by atoms with Crippen molar-refractivity contribution in [2.75, 3.05) is 26.8 Å². The Morgan fingerprint density at radius 2 is 1.71 bits per heavy atom. The van der Waals surface area contributed by atoms with E-state index in [1.165, 1.54) is 26.2 Å². The van der Waals surface area contributed by atoms with Crippen molar-refractivity contribution >= 4 is 11.7 Å². The zero-order valence-electron chi connectivity index (χ0n) is 18.4. The second-order valence-electron chi connectivity index (χ2n) is 7.98. The van der Waals surface area contributed by atoms with Crippen LogP contribution in [0.2, 0.25) is 0 Å². The van der Waals surface area contributed by atoms with E-state index in [1.54, 1.807) is 30.3 Å². The molecule has 6 nitrogen and oxygen atoms in total. The smallest absolute Gasteiger partial charge is 0.260 e. The quantitative estimate of drug-likeness (QED) is 0.632. The molecular weight excluding hydrogens is 399 g/mol. The predicted octanol–water partition coefficient (Wildman–Crippen LogP) is 3.54. The Balaban J connectivity index is 1.62. The second-order valence-corrected chi connectivity index (χ2v) is 7.98. The summed E-state index contributed by atoms with van der Waals surface area (Å²) in [5.41, 5.74) is 1.38. The molecule has 2 aromatic carbocycles. The van der Waals surface area contributed by atoms with Crippen molar-refractivity contribution in [2.45, 2.75) is 39.4 Å². The van der Waals surface area contributed by atoms with Crippen molar-refractivity contribution in [3.63, 3.8) is 0 Å². The summed E-state index contributed by atoms with van der Waals surface area (Å²) in [6.45, 7) is 7.36. The monoisotopic (exact) mass is 428 g/mol. The number of carbonyl (C=O) groups excluding carboxylic acids is 2. The minimum atomic E-state index is -0.246. The van der Waals surface area contributed by atoms with Crippen molar-refractivity contribution in [1.82, 2.24) is 9.80 Å². The Hall–Kier alpha value is -2.93. The van der Waals surface area contributed by atoms with Gasteiger partial charge in [0, 0.05) is 31.7 Å². The first-order valence-corrected chi connectivity index (χ1v) is 10.4. The number of ketones is 1. The highest BCUT2D eigenvalue weighted by Crippen LogP contribution is 2.29. The van der Waals surface area contributed by atoms with Gasteiger partial charge in [-0.05, 0) is 50.6 Å². The fourth-order valence-corrected chi connectivity index (χ4v) is 3.96. The van der Waals surface area contributed by atoms with E-state index >= 15 is 0 Å². The SMILES string of the molecule is COc1cccc(OCC(=O)N2C[C@@H](C)N(Cc3ccc(F)cc3)C[C@@H]2C)c1C(C)=O. The number of hydrogen-bond donors (Lipinski definition) is 0. The normalized spacial score (nSPS) is 19.2. The van der Waals surface area contributed by atoms with Crippen LogP contribution in [0.15, 0.2) is 42.5 Å². The largest absolute Gasteiger partial charge is 0.496 e. The summed E-state index contributed by atoms with van der Waals surface area (Å²) >= 11 is 0. The van der Waals surface area contributed by atoms with E-state index in [-0.39, 0.29) is 36.2 Å². The molecule has 0 aromatic heterocycles. The number of rotatable bonds is 7. The molecule has 3 rings (SSSR count). The molecule has 1 saturated heterocycles. The molecule has 0 saturated carbocycles. The van der Waals surface area contributed by atoms with E-state index < -0.39 is 0 Å². The summed E-state index contributed by atoms with van der Waals surface area (Å²) in [4.78, 5) is 29.0. The van der Waals surface area contributed by atoms with Crippen LogP contribution in [-0.2, 0) is 11.3 Å². The van der Waals surface area contributed by atoms with E-state index in [1.807, 2.05) is 11.8 Å². The lowest BCUT2D eigenvalue weighted by molar-refractivity contribution is -0.139. The van der Waals surface area contributed by atoms with Gasteiger partial charge in [-0.3, -0.25) is 14.5 Å². The van der Waals surface area contributed by atoms with Gasteiger partial charge in [0.25, 0.3) is 5.91 Å². The van der Waals surface area contributed by atoms with Gasteiger partial charge in [-0.15, -0.1) is 0 Å². The predicted molar refractivity (Wildman–Crippen MR) is 116 cm³/mol. The molecule has 1 aliphatic heterocycles. The Morgan fingerprint density at radius 3 is 2.35 bits per heavy atom. The van der Waals surface area contributed by atoms with Crippen LogP contribution in [0.25, 0.3) is 0 Å². The zero-order chi connectivity index (χ0) is 22.5. The van der Waals surface area contributed by atoms with Crippen LogP contribution in [0, 0.1) is 5.82 Å². The maximum Gasteiger partial charge on any atom is 0.260 e. The summed E-state index contributed by atoms with van der Waals surface area (Å²) in [6.07, 6.45) is 0. The van der Waals surface area contributed by atoms with E-state index in [0.717, 1.165) is 5.56 Å². The van der Waals surface area contributed by atoms with Gasteiger partial charge in [0.05, 0.1) is 7.11 Å². The van der Waals surface area contributed by atoms with Gasteiger partial charge in [-0.1, -0.05) is 18.2 Å². The van der Waals surface area contributed by atoms with Crippen LogP contribution in [0.3, 0.4) is 0 Å². The van der Waals surface area contributed by atoms with Crippen molar-refractivity contribution in [3.05, 3.63) is 59.4 Å². The maximum atomic E-state index is 13.2. The standard InChI is InChI=1S/C24H29FN2O4/c1-16-13-27(17(2)12-26(16)14-19-8-10-20(25)11-9-19)23(29)15-31-22-7-5-6-21(30-4)24(22)18(3)28/h5-11,16-17H,12-15H2,1-4H3/t16-,17+/m1/s1. The summed E-state index contributed by atoms with van der Waals surface area (Å²) in [5, 5.41) is 0. The molecule has 0 bridgehead atoms. The summed E-state index contributed by atoms with van der Waals surface area (Å²) in [6, 6.07) is 11.7. The molecule has 166 valence electrons. The number of piperazine rings is 1. The lowest BCUT2D eigenvalue weighted by Crippen LogP contribution is -2.58. The Bertz CT molecular complexity index is 932. The molecule has 0 unspecified atom stereocenters. The van der Waals surface area contributed by atoms with Gasteiger partial charge in [0.15, 0.2) is 12.4 Å². The highest BCUT2D eigenvalue weighted by Gasteiger charge is 2.32. The van der Waals surface area contributed by atoms with E-state index in [4.69, 9.17) is 9.47 Å². The zero-order valence-corrected chi connectivity index (χ0v) is 18.4. The molecule has 1 fully saturated rings. The molecule has 0 spiro atoms. The van der Waals surface area contributed by atoms with E-state index in [9.17, 15) is 14.0 Å². The minimum absolute atomic E-state index is 0.00494. The Kier molecular flexibility index (Phi) is 7.28. The molecule has 2 atom stereocenters. The molecule has 2 aromatic rings. The van der Waals surface area contributed by atoms with Crippen LogP contribution in [0.1, 0.15) is 36.7 Å². The number of benzene rings is 2. The van der Waals surface area contributed by atoms with Crippen molar-refractivity contribution in [1.29, 1.82) is 0 Å². The fraction of sp³-hybridized carbons (Fsp3) is 0.417. The molecule has 0 N–H and O–H groups in total. The van der Waals surface area contributed by atoms with Gasteiger partial charge < -0.3 is 14.4 Å². The molecular formula is C24H29FN2O4. The third-order valence-electron chi connectivity index (χ3n) is 5.65. The highest BCUT2D eigenvalue weighted by atomic mass is 19.1. The topological polar surface area (TPSA) is 59.1 Å².